The number of carbonyl (C=O) groups is 1. The highest BCUT2D eigenvalue weighted by atomic mass is 32.2. The Balaban J connectivity index is 2.16. The van der Waals surface area contributed by atoms with Crippen molar-refractivity contribution in [1.82, 2.24) is 4.72 Å². The second kappa shape index (κ2) is 5.44. The van der Waals surface area contributed by atoms with E-state index in [1.165, 1.54) is 0 Å². The molecule has 0 radical (unpaired) electrons. The first-order valence-corrected chi connectivity index (χ1v) is 8.59. The molecule has 1 aliphatic carbocycles. The molecule has 0 saturated heterocycles. The van der Waals surface area contributed by atoms with E-state index in [1.807, 2.05) is 0 Å². The van der Waals surface area contributed by atoms with Crippen molar-refractivity contribution in [2.45, 2.75) is 43.1 Å². The van der Waals surface area contributed by atoms with Gasteiger partial charge in [-0.3, -0.25) is 0 Å². The molecule has 6 nitrogen and oxygen atoms in total. The summed E-state index contributed by atoms with van der Waals surface area (Å²) in [6.07, 6.45) is 2.94. The molecule has 3 N–H and O–H groups in total. The number of hydrogen-bond acceptors (Lipinski definition) is 5. The minimum atomic E-state index is -3.79. The van der Waals surface area contributed by atoms with Gasteiger partial charge in [-0.25, -0.2) is 17.9 Å². The molecule has 20 heavy (non-hydrogen) atoms. The number of nitrogens with one attached hydrogen (secondary N) is 1. The predicted molar refractivity (Wildman–Crippen MR) is 74.6 cm³/mol. The van der Waals surface area contributed by atoms with E-state index in [2.05, 4.69) is 4.72 Å². The van der Waals surface area contributed by atoms with Crippen molar-refractivity contribution < 1.29 is 23.4 Å². The highest BCUT2D eigenvalue weighted by Crippen LogP contribution is 2.30. The van der Waals surface area contributed by atoms with Crippen molar-refractivity contribution in [3.05, 3.63) is 15.8 Å². The van der Waals surface area contributed by atoms with Crippen LogP contribution in [0.2, 0.25) is 0 Å². The van der Waals surface area contributed by atoms with Gasteiger partial charge in [0.05, 0.1) is 10.5 Å². The summed E-state index contributed by atoms with van der Waals surface area (Å²) in [5.41, 5.74) is -0.980. The number of aliphatic hydroxyl groups is 1. The lowest BCUT2D eigenvalue weighted by Crippen LogP contribution is -2.40. The molecule has 1 saturated carbocycles. The zero-order valence-corrected chi connectivity index (χ0v) is 12.7. The van der Waals surface area contributed by atoms with E-state index in [1.54, 1.807) is 6.92 Å². The minimum Gasteiger partial charge on any atom is -0.477 e. The second-order valence-corrected chi connectivity index (χ2v) is 8.08. The van der Waals surface area contributed by atoms with E-state index < -0.39 is 21.6 Å². The highest BCUT2D eigenvalue weighted by Gasteiger charge is 2.33. The summed E-state index contributed by atoms with van der Waals surface area (Å²) in [4.78, 5) is 11.3. The molecular weight excluding hydrogens is 302 g/mol. The Labute approximate surface area is 121 Å². The molecule has 0 unspecified atom stereocenters. The molecular formula is C12H17NO5S2. The quantitative estimate of drug-likeness (QED) is 0.760. The summed E-state index contributed by atoms with van der Waals surface area (Å²) in [6, 6.07) is 1.16. The standard InChI is InChI=1S/C12H17NO5S2/c1-8-10(6-9(19-8)11(14)15)20(17,18)13-7-12(16)4-2-3-5-12/h6,13,16H,2-5,7H2,1H3,(H,14,15). The maximum atomic E-state index is 12.2. The number of hydrogen-bond donors (Lipinski definition) is 3. The van der Waals surface area contributed by atoms with Crippen LogP contribution in [-0.2, 0) is 10.0 Å². The van der Waals surface area contributed by atoms with E-state index in [4.69, 9.17) is 5.11 Å². The number of aromatic carboxylic acids is 1. The average molecular weight is 319 g/mol. The summed E-state index contributed by atoms with van der Waals surface area (Å²) in [5, 5.41) is 19.0. The number of sulfonamides is 1. The molecule has 0 atom stereocenters. The normalized spacial score (nSPS) is 18.3. The van der Waals surface area contributed by atoms with Crippen molar-refractivity contribution >= 4 is 27.3 Å². The topological polar surface area (TPSA) is 104 Å². The van der Waals surface area contributed by atoms with E-state index in [-0.39, 0.29) is 16.3 Å². The van der Waals surface area contributed by atoms with Gasteiger partial charge in [0.25, 0.3) is 0 Å². The van der Waals surface area contributed by atoms with E-state index in [0.29, 0.717) is 17.7 Å². The zero-order valence-electron chi connectivity index (χ0n) is 11.0. The molecule has 1 aliphatic rings. The van der Waals surface area contributed by atoms with Crippen LogP contribution in [0.1, 0.15) is 40.2 Å². The first-order chi connectivity index (χ1) is 9.23. The van der Waals surface area contributed by atoms with Crippen LogP contribution in [0.3, 0.4) is 0 Å². The van der Waals surface area contributed by atoms with Crippen LogP contribution in [0.25, 0.3) is 0 Å². The second-order valence-electron chi connectivity index (χ2n) is 5.09. The minimum absolute atomic E-state index is 0.0116. The van der Waals surface area contributed by atoms with Crippen molar-refractivity contribution in [3.8, 4) is 0 Å². The van der Waals surface area contributed by atoms with Crippen LogP contribution >= 0.6 is 11.3 Å². The molecule has 112 valence electrons. The number of thiophene rings is 1. The van der Waals surface area contributed by atoms with Crippen molar-refractivity contribution in [3.63, 3.8) is 0 Å². The molecule has 1 aromatic rings. The smallest absolute Gasteiger partial charge is 0.345 e. The Morgan fingerprint density at radius 1 is 1.45 bits per heavy atom. The molecule has 0 bridgehead atoms. The lowest BCUT2D eigenvalue weighted by Gasteiger charge is -2.22. The summed E-state index contributed by atoms with van der Waals surface area (Å²) >= 11 is 0.925. The third-order valence-electron chi connectivity index (χ3n) is 3.50. The van der Waals surface area contributed by atoms with Crippen LogP contribution in [0, 0.1) is 6.92 Å². The van der Waals surface area contributed by atoms with Crippen LogP contribution < -0.4 is 4.72 Å². The van der Waals surface area contributed by atoms with Gasteiger partial charge in [0, 0.05) is 11.4 Å². The molecule has 0 aromatic carbocycles. The maximum Gasteiger partial charge on any atom is 0.345 e. The number of carboxylic acids is 1. The molecule has 0 spiro atoms. The third kappa shape index (κ3) is 3.20. The number of rotatable bonds is 5. The fourth-order valence-electron chi connectivity index (χ4n) is 2.35. The van der Waals surface area contributed by atoms with Gasteiger partial charge < -0.3 is 10.2 Å². The van der Waals surface area contributed by atoms with Crippen LogP contribution in [0.5, 0.6) is 0 Å². The molecule has 1 heterocycles. The lowest BCUT2D eigenvalue weighted by molar-refractivity contribution is 0.0531. The van der Waals surface area contributed by atoms with Crippen molar-refractivity contribution in [2.24, 2.45) is 0 Å². The van der Waals surface area contributed by atoms with Gasteiger partial charge in [-0.2, -0.15) is 0 Å². The highest BCUT2D eigenvalue weighted by molar-refractivity contribution is 7.89. The van der Waals surface area contributed by atoms with Gasteiger partial charge >= 0.3 is 5.97 Å². The van der Waals surface area contributed by atoms with Gasteiger partial charge in [0.2, 0.25) is 10.0 Å². The Hall–Kier alpha value is -0.960. The third-order valence-corrected chi connectivity index (χ3v) is 6.19. The molecule has 1 aromatic heterocycles. The monoisotopic (exact) mass is 319 g/mol. The SMILES string of the molecule is Cc1sc(C(=O)O)cc1S(=O)(=O)NCC1(O)CCCC1. The maximum absolute atomic E-state index is 12.2. The van der Waals surface area contributed by atoms with E-state index >= 15 is 0 Å². The zero-order chi connectivity index (χ0) is 15.0. The lowest BCUT2D eigenvalue weighted by atomic mass is 10.0. The predicted octanol–water partition coefficient (Wildman–Crippen LogP) is 1.34. The first-order valence-electron chi connectivity index (χ1n) is 6.29. The first kappa shape index (κ1) is 15.4. The molecule has 2 rings (SSSR count). The van der Waals surface area contributed by atoms with Crippen molar-refractivity contribution in [2.75, 3.05) is 6.54 Å². The van der Waals surface area contributed by atoms with Gasteiger partial charge in [0.1, 0.15) is 4.88 Å². The Morgan fingerprint density at radius 2 is 2.05 bits per heavy atom. The van der Waals surface area contributed by atoms with E-state index in [9.17, 15) is 18.3 Å². The molecule has 0 amide bonds. The average Bonchev–Trinajstić information content (AvgIpc) is 2.94. The summed E-state index contributed by atoms with van der Waals surface area (Å²) in [7, 11) is -3.79. The number of carboxylic acid groups (broad SMARTS) is 1. The Kier molecular flexibility index (Phi) is 4.19. The van der Waals surface area contributed by atoms with Gasteiger partial charge in [-0.05, 0) is 25.8 Å². The number of aryl methyl sites for hydroxylation is 1. The Morgan fingerprint density at radius 3 is 2.55 bits per heavy atom. The van der Waals surface area contributed by atoms with Crippen molar-refractivity contribution in [1.29, 1.82) is 0 Å². The van der Waals surface area contributed by atoms with E-state index in [0.717, 1.165) is 30.2 Å². The Bertz CT molecular complexity index is 614. The van der Waals surface area contributed by atoms with Gasteiger partial charge in [-0.1, -0.05) is 12.8 Å². The van der Waals surface area contributed by atoms with Crippen LogP contribution in [0.4, 0.5) is 0 Å². The van der Waals surface area contributed by atoms with Crippen LogP contribution in [-0.4, -0.2) is 36.7 Å². The summed E-state index contributed by atoms with van der Waals surface area (Å²) in [6.45, 7) is 1.53. The molecule has 0 aliphatic heterocycles. The van der Waals surface area contributed by atoms with Gasteiger partial charge in [0.15, 0.2) is 0 Å². The molecule has 8 heteroatoms. The largest absolute Gasteiger partial charge is 0.477 e. The fourth-order valence-corrected chi connectivity index (χ4v) is 4.90. The molecule has 1 fully saturated rings. The summed E-state index contributed by atoms with van der Waals surface area (Å²) in [5.74, 6) is -1.14. The van der Waals surface area contributed by atoms with Crippen LogP contribution in [0.15, 0.2) is 11.0 Å². The fraction of sp³-hybridized carbons (Fsp3) is 0.583. The summed E-state index contributed by atoms with van der Waals surface area (Å²) < 4.78 is 26.7. The van der Waals surface area contributed by atoms with Gasteiger partial charge in [-0.15, -0.1) is 11.3 Å².